The molecule has 134 valence electrons. The molecule has 0 radical (unpaired) electrons. The standard InChI is InChI=1S/C20H21F2NO2.H2/c1-13(9-15-5-7-18(21)19(22)11-15)23-8-2-3-14-4-6-16-12-25-20(24)17(16)10-14;/h4-7,10-11,13,23H,2-3,8-9,12H2,1H3;1H. The van der Waals surface area contributed by atoms with Crippen molar-refractivity contribution < 1.29 is 19.7 Å². The van der Waals surface area contributed by atoms with E-state index in [9.17, 15) is 13.6 Å². The van der Waals surface area contributed by atoms with Crippen molar-refractivity contribution in [2.24, 2.45) is 0 Å². The van der Waals surface area contributed by atoms with Gasteiger partial charge < -0.3 is 10.1 Å². The minimum absolute atomic E-state index is 0. The highest BCUT2D eigenvalue weighted by Gasteiger charge is 2.20. The van der Waals surface area contributed by atoms with Gasteiger partial charge in [-0.15, -0.1) is 0 Å². The van der Waals surface area contributed by atoms with Gasteiger partial charge >= 0.3 is 5.97 Å². The maximum atomic E-state index is 13.2. The molecule has 2 aromatic rings. The van der Waals surface area contributed by atoms with Crippen LogP contribution < -0.4 is 5.32 Å². The molecule has 5 heteroatoms. The van der Waals surface area contributed by atoms with Gasteiger partial charge in [-0.2, -0.15) is 0 Å². The Labute approximate surface area is 147 Å². The van der Waals surface area contributed by atoms with Crippen LogP contribution >= 0.6 is 0 Å². The summed E-state index contributed by atoms with van der Waals surface area (Å²) in [6, 6.07) is 10.1. The number of ether oxygens (including phenoxy) is 1. The largest absolute Gasteiger partial charge is 0.457 e. The molecular formula is C20H23F2NO2. The molecule has 0 bridgehead atoms. The van der Waals surface area contributed by atoms with E-state index in [1.165, 1.54) is 6.07 Å². The van der Waals surface area contributed by atoms with Crippen LogP contribution in [0.1, 0.15) is 41.8 Å². The number of cyclic esters (lactones) is 1. The molecule has 0 amide bonds. The Kier molecular flexibility index (Phi) is 5.43. The minimum atomic E-state index is -0.817. The van der Waals surface area contributed by atoms with E-state index in [0.29, 0.717) is 18.6 Å². The SMILES string of the molecule is CC(Cc1ccc(F)c(F)c1)NCCCc1ccc2c(c1)C(=O)OC2.[HH]. The molecule has 0 saturated carbocycles. The number of hydrogen-bond donors (Lipinski definition) is 1. The molecule has 1 unspecified atom stereocenters. The lowest BCUT2D eigenvalue weighted by Crippen LogP contribution is -2.29. The Balaban J connectivity index is 0.00000243. The number of hydrogen-bond acceptors (Lipinski definition) is 3. The van der Waals surface area contributed by atoms with Crippen LogP contribution in [0, 0.1) is 11.6 Å². The zero-order chi connectivity index (χ0) is 17.8. The van der Waals surface area contributed by atoms with Crippen LogP contribution in [0.2, 0.25) is 0 Å². The Morgan fingerprint density at radius 2 is 1.96 bits per heavy atom. The van der Waals surface area contributed by atoms with Gasteiger partial charge in [-0.3, -0.25) is 0 Å². The van der Waals surface area contributed by atoms with E-state index in [4.69, 9.17) is 4.74 Å². The van der Waals surface area contributed by atoms with Crippen LogP contribution in [0.25, 0.3) is 0 Å². The number of nitrogens with one attached hydrogen (secondary N) is 1. The van der Waals surface area contributed by atoms with Gasteiger partial charge in [0.1, 0.15) is 6.61 Å². The second-order valence-electron chi connectivity index (χ2n) is 6.48. The van der Waals surface area contributed by atoms with Crippen molar-refractivity contribution in [1.29, 1.82) is 0 Å². The first-order valence-electron chi connectivity index (χ1n) is 8.49. The third kappa shape index (κ3) is 4.42. The number of halogens is 2. The summed E-state index contributed by atoms with van der Waals surface area (Å²) in [5.41, 5.74) is 3.52. The van der Waals surface area contributed by atoms with Gasteiger partial charge in [0.15, 0.2) is 11.6 Å². The molecule has 3 rings (SSSR count). The second kappa shape index (κ2) is 7.74. The van der Waals surface area contributed by atoms with Gasteiger partial charge in [0.2, 0.25) is 0 Å². The fourth-order valence-corrected chi connectivity index (χ4v) is 3.05. The fraction of sp³-hybridized carbons (Fsp3) is 0.350. The molecule has 1 atom stereocenters. The number of fused-ring (bicyclic) bond motifs is 1. The predicted molar refractivity (Wildman–Crippen MR) is 93.5 cm³/mol. The Morgan fingerprint density at radius 3 is 2.76 bits per heavy atom. The van der Waals surface area contributed by atoms with E-state index >= 15 is 0 Å². The third-order valence-electron chi connectivity index (χ3n) is 4.41. The molecule has 0 spiro atoms. The van der Waals surface area contributed by atoms with Gasteiger partial charge in [0, 0.05) is 13.0 Å². The molecule has 1 aliphatic rings. The molecule has 0 fully saturated rings. The monoisotopic (exact) mass is 347 g/mol. The van der Waals surface area contributed by atoms with Gasteiger partial charge in [0.25, 0.3) is 0 Å². The van der Waals surface area contributed by atoms with Crippen LogP contribution in [-0.2, 0) is 24.2 Å². The van der Waals surface area contributed by atoms with E-state index in [-0.39, 0.29) is 13.4 Å². The molecule has 0 saturated heterocycles. The molecule has 1 N–H and O–H groups in total. The smallest absolute Gasteiger partial charge is 0.338 e. The summed E-state index contributed by atoms with van der Waals surface area (Å²) in [7, 11) is 0. The summed E-state index contributed by atoms with van der Waals surface area (Å²) < 4.78 is 31.2. The number of esters is 1. The number of benzene rings is 2. The fourth-order valence-electron chi connectivity index (χ4n) is 3.05. The van der Waals surface area contributed by atoms with Gasteiger partial charge in [-0.25, -0.2) is 13.6 Å². The van der Waals surface area contributed by atoms with Crippen LogP contribution in [-0.4, -0.2) is 18.6 Å². The highest BCUT2D eigenvalue weighted by Crippen LogP contribution is 2.21. The van der Waals surface area contributed by atoms with E-state index in [1.807, 2.05) is 25.1 Å². The Morgan fingerprint density at radius 1 is 1.16 bits per heavy atom. The van der Waals surface area contributed by atoms with Crippen molar-refractivity contribution in [1.82, 2.24) is 5.32 Å². The normalized spacial score (nSPS) is 14.3. The molecule has 25 heavy (non-hydrogen) atoms. The van der Waals surface area contributed by atoms with Crippen molar-refractivity contribution in [2.75, 3.05) is 6.54 Å². The molecule has 2 aromatic carbocycles. The lowest BCUT2D eigenvalue weighted by molar-refractivity contribution is 0.0535. The number of aryl methyl sites for hydroxylation is 1. The Bertz CT molecular complexity index is 782. The van der Waals surface area contributed by atoms with Crippen LogP contribution in [0.5, 0.6) is 0 Å². The summed E-state index contributed by atoms with van der Waals surface area (Å²) >= 11 is 0. The lowest BCUT2D eigenvalue weighted by Gasteiger charge is -2.14. The van der Waals surface area contributed by atoms with Crippen molar-refractivity contribution in [2.45, 2.75) is 38.8 Å². The van der Waals surface area contributed by atoms with Gasteiger partial charge in [-0.05, 0) is 62.1 Å². The maximum Gasteiger partial charge on any atom is 0.338 e. The average molecular weight is 347 g/mol. The molecule has 1 heterocycles. The summed E-state index contributed by atoms with van der Waals surface area (Å²) in [5, 5.41) is 3.39. The second-order valence-corrected chi connectivity index (χ2v) is 6.48. The molecule has 0 aliphatic carbocycles. The quantitative estimate of drug-likeness (QED) is 0.607. The minimum Gasteiger partial charge on any atom is -0.457 e. The molecule has 1 aliphatic heterocycles. The van der Waals surface area contributed by atoms with Crippen LogP contribution in [0.4, 0.5) is 8.78 Å². The van der Waals surface area contributed by atoms with E-state index in [0.717, 1.165) is 42.1 Å². The van der Waals surface area contributed by atoms with Crippen LogP contribution in [0.3, 0.4) is 0 Å². The summed E-state index contributed by atoms with van der Waals surface area (Å²) in [6.07, 6.45) is 2.43. The highest BCUT2D eigenvalue weighted by molar-refractivity contribution is 5.93. The van der Waals surface area contributed by atoms with Gasteiger partial charge in [-0.1, -0.05) is 18.2 Å². The first-order valence-corrected chi connectivity index (χ1v) is 8.49. The molecule has 0 aromatic heterocycles. The molecular weight excluding hydrogens is 324 g/mol. The average Bonchev–Trinajstić information content (AvgIpc) is 2.96. The third-order valence-corrected chi connectivity index (χ3v) is 4.41. The maximum absolute atomic E-state index is 13.2. The van der Waals surface area contributed by atoms with E-state index < -0.39 is 11.6 Å². The summed E-state index contributed by atoms with van der Waals surface area (Å²) in [4.78, 5) is 11.6. The molecule has 3 nitrogen and oxygen atoms in total. The summed E-state index contributed by atoms with van der Waals surface area (Å²) in [5.74, 6) is -1.86. The van der Waals surface area contributed by atoms with Crippen LogP contribution in [0.15, 0.2) is 36.4 Å². The van der Waals surface area contributed by atoms with E-state index in [1.54, 1.807) is 6.07 Å². The van der Waals surface area contributed by atoms with Crippen molar-refractivity contribution in [3.63, 3.8) is 0 Å². The highest BCUT2D eigenvalue weighted by atomic mass is 19.2. The number of carbonyl (C=O) groups is 1. The van der Waals surface area contributed by atoms with Crippen molar-refractivity contribution in [3.8, 4) is 0 Å². The number of carbonyl (C=O) groups excluding carboxylic acids is 1. The van der Waals surface area contributed by atoms with Crippen molar-refractivity contribution >= 4 is 5.97 Å². The van der Waals surface area contributed by atoms with E-state index in [2.05, 4.69) is 5.32 Å². The lowest BCUT2D eigenvalue weighted by atomic mass is 10.0. The first kappa shape index (κ1) is 17.5. The zero-order valence-electron chi connectivity index (χ0n) is 14.1. The zero-order valence-corrected chi connectivity index (χ0v) is 14.1. The number of rotatable bonds is 7. The van der Waals surface area contributed by atoms with Crippen molar-refractivity contribution in [3.05, 3.63) is 70.3 Å². The Hall–Kier alpha value is -2.27. The predicted octanol–water partition coefficient (Wildman–Crippen LogP) is 4.03. The first-order chi connectivity index (χ1) is 12.0. The summed E-state index contributed by atoms with van der Waals surface area (Å²) in [6.45, 7) is 3.20. The van der Waals surface area contributed by atoms with Gasteiger partial charge in [0.05, 0.1) is 5.56 Å². The topological polar surface area (TPSA) is 38.3 Å².